The summed E-state index contributed by atoms with van der Waals surface area (Å²) in [7, 11) is 0. The summed E-state index contributed by atoms with van der Waals surface area (Å²) >= 11 is 0. The Morgan fingerprint density at radius 1 is 1.33 bits per heavy atom. The molecule has 0 radical (unpaired) electrons. The van der Waals surface area contributed by atoms with Crippen molar-refractivity contribution in [1.29, 1.82) is 0 Å². The molecule has 18 heavy (non-hydrogen) atoms. The minimum atomic E-state index is -0.652. The molecule has 1 aromatic rings. The summed E-state index contributed by atoms with van der Waals surface area (Å²) < 4.78 is 0. The van der Waals surface area contributed by atoms with Crippen LogP contribution in [0.3, 0.4) is 0 Å². The molecule has 96 valence electrons. The van der Waals surface area contributed by atoms with Crippen molar-refractivity contribution in [2.45, 2.75) is 33.1 Å². The second-order valence-electron chi connectivity index (χ2n) is 5.00. The molecular formula is C16H20O2. The van der Waals surface area contributed by atoms with Gasteiger partial charge in [0.05, 0.1) is 5.92 Å². The molecule has 2 heteroatoms. The molecule has 0 aliphatic heterocycles. The molecule has 2 atom stereocenters. The van der Waals surface area contributed by atoms with Crippen LogP contribution in [0.25, 0.3) is 5.57 Å². The normalized spacial score (nSPS) is 24.1. The maximum absolute atomic E-state index is 11.2. The lowest BCUT2D eigenvalue weighted by atomic mass is 9.73. The van der Waals surface area contributed by atoms with Crippen molar-refractivity contribution < 1.29 is 9.90 Å². The van der Waals surface area contributed by atoms with E-state index in [1.807, 2.05) is 18.2 Å². The Balaban J connectivity index is 2.40. The van der Waals surface area contributed by atoms with Gasteiger partial charge in [0.2, 0.25) is 0 Å². The second kappa shape index (κ2) is 5.38. The molecule has 0 amide bonds. The minimum absolute atomic E-state index is 0.149. The van der Waals surface area contributed by atoms with Gasteiger partial charge in [-0.15, -0.1) is 0 Å². The third-order valence-corrected chi connectivity index (χ3v) is 4.07. The van der Waals surface area contributed by atoms with Crippen LogP contribution in [0.1, 0.15) is 38.7 Å². The van der Waals surface area contributed by atoms with Gasteiger partial charge in [-0.2, -0.15) is 0 Å². The third kappa shape index (κ3) is 2.33. The zero-order valence-electron chi connectivity index (χ0n) is 11.0. The Morgan fingerprint density at radius 2 is 2.00 bits per heavy atom. The van der Waals surface area contributed by atoms with Crippen LogP contribution in [0, 0.1) is 11.8 Å². The summed E-state index contributed by atoms with van der Waals surface area (Å²) in [5.41, 5.74) is 3.94. The van der Waals surface area contributed by atoms with Gasteiger partial charge in [-0.05, 0) is 36.3 Å². The van der Waals surface area contributed by atoms with Gasteiger partial charge in [-0.1, -0.05) is 49.8 Å². The van der Waals surface area contributed by atoms with Gasteiger partial charge in [0.25, 0.3) is 0 Å². The highest BCUT2D eigenvalue weighted by molar-refractivity contribution is 5.76. The summed E-state index contributed by atoms with van der Waals surface area (Å²) in [6.45, 7) is 4.18. The fraction of sp³-hybridized carbons (Fsp3) is 0.438. The zero-order valence-corrected chi connectivity index (χ0v) is 11.0. The SMILES string of the molecule is CCC1=C(c2ccccc2)CC[C@H](C(=O)O)[C@@H]1C. The first-order chi connectivity index (χ1) is 8.65. The molecule has 2 nitrogen and oxygen atoms in total. The number of hydrogen-bond acceptors (Lipinski definition) is 1. The highest BCUT2D eigenvalue weighted by atomic mass is 16.4. The fourth-order valence-corrected chi connectivity index (χ4v) is 3.07. The van der Waals surface area contributed by atoms with E-state index in [0.717, 1.165) is 19.3 Å². The smallest absolute Gasteiger partial charge is 0.307 e. The number of carbonyl (C=O) groups is 1. The Bertz CT molecular complexity index is 459. The van der Waals surface area contributed by atoms with Crippen LogP contribution in [-0.2, 0) is 4.79 Å². The lowest BCUT2D eigenvalue weighted by Gasteiger charge is -2.31. The molecule has 1 aliphatic carbocycles. The van der Waals surface area contributed by atoms with Gasteiger partial charge in [0.1, 0.15) is 0 Å². The maximum Gasteiger partial charge on any atom is 0.307 e. The molecule has 0 saturated heterocycles. The van der Waals surface area contributed by atoms with Crippen LogP contribution in [0.4, 0.5) is 0 Å². The number of allylic oxidation sites excluding steroid dienone is 2. The van der Waals surface area contributed by atoms with Gasteiger partial charge < -0.3 is 5.11 Å². The van der Waals surface area contributed by atoms with Crippen molar-refractivity contribution >= 4 is 11.5 Å². The molecule has 2 rings (SSSR count). The molecule has 0 spiro atoms. The standard InChI is InChI=1S/C16H20O2/c1-3-13-11(2)14(16(17)18)9-10-15(13)12-7-5-4-6-8-12/h4-8,11,14H,3,9-10H2,1-2H3,(H,17,18)/t11-,14+/m1/s1. The largest absolute Gasteiger partial charge is 0.481 e. The topological polar surface area (TPSA) is 37.3 Å². The van der Waals surface area contributed by atoms with Crippen molar-refractivity contribution in [3.63, 3.8) is 0 Å². The van der Waals surface area contributed by atoms with Crippen LogP contribution in [0.5, 0.6) is 0 Å². The van der Waals surface area contributed by atoms with E-state index >= 15 is 0 Å². The summed E-state index contributed by atoms with van der Waals surface area (Å²) in [4.78, 5) is 11.2. The quantitative estimate of drug-likeness (QED) is 0.873. The van der Waals surface area contributed by atoms with Gasteiger partial charge in [0, 0.05) is 0 Å². The molecular weight excluding hydrogens is 224 g/mol. The molecule has 0 aromatic heterocycles. The molecule has 0 bridgehead atoms. The number of aliphatic carboxylic acids is 1. The lowest BCUT2D eigenvalue weighted by Crippen LogP contribution is -2.27. The number of benzene rings is 1. The Labute approximate surface area is 108 Å². The van der Waals surface area contributed by atoms with E-state index < -0.39 is 5.97 Å². The van der Waals surface area contributed by atoms with E-state index in [4.69, 9.17) is 0 Å². The highest BCUT2D eigenvalue weighted by Gasteiger charge is 2.32. The Kier molecular flexibility index (Phi) is 3.85. The third-order valence-electron chi connectivity index (χ3n) is 4.07. The van der Waals surface area contributed by atoms with E-state index in [1.165, 1.54) is 16.7 Å². The minimum Gasteiger partial charge on any atom is -0.481 e. The number of carboxylic acid groups (broad SMARTS) is 1. The van der Waals surface area contributed by atoms with Crippen LogP contribution in [0.2, 0.25) is 0 Å². The Morgan fingerprint density at radius 3 is 2.56 bits per heavy atom. The lowest BCUT2D eigenvalue weighted by molar-refractivity contribution is -0.143. The monoisotopic (exact) mass is 244 g/mol. The van der Waals surface area contributed by atoms with Crippen LogP contribution >= 0.6 is 0 Å². The van der Waals surface area contributed by atoms with E-state index in [-0.39, 0.29) is 11.8 Å². The van der Waals surface area contributed by atoms with E-state index in [0.29, 0.717) is 0 Å². The summed E-state index contributed by atoms with van der Waals surface area (Å²) in [5, 5.41) is 9.26. The van der Waals surface area contributed by atoms with Crippen molar-refractivity contribution in [3.05, 3.63) is 41.5 Å². The van der Waals surface area contributed by atoms with Crippen molar-refractivity contribution in [1.82, 2.24) is 0 Å². The number of carboxylic acids is 1. The van der Waals surface area contributed by atoms with Gasteiger partial charge in [-0.3, -0.25) is 4.79 Å². The summed E-state index contributed by atoms with van der Waals surface area (Å²) in [5.74, 6) is -0.718. The average Bonchev–Trinajstić information content (AvgIpc) is 2.39. The predicted octanol–water partition coefficient (Wildman–Crippen LogP) is 3.98. The van der Waals surface area contributed by atoms with Crippen LogP contribution < -0.4 is 0 Å². The van der Waals surface area contributed by atoms with Crippen LogP contribution in [-0.4, -0.2) is 11.1 Å². The van der Waals surface area contributed by atoms with E-state index in [2.05, 4.69) is 26.0 Å². The average molecular weight is 244 g/mol. The maximum atomic E-state index is 11.2. The first-order valence-electron chi connectivity index (χ1n) is 6.65. The van der Waals surface area contributed by atoms with Gasteiger partial charge in [-0.25, -0.2) is 0 Å². The summed E-state index contributed by atoms with van der Waals surface area (Å²) in [6.07, 6.45) is 2.58. The van der Waals surface area contributed by atoms with Crippen molar-refractivity contribution in [3.8, 4) is 0 Å². The van der Waals surface area contributed by atoms with Crippen molar-refractivity contribution in [2.24, 2.45) is 11.8 Å². The number of hydrogen-bond donors (Lipinski definition) is 1. The molecule has 0 fully saturated rings. The first-order valence-corrected chi connectivity index (χ1v) is 6.65. The summed E-state index contributed by atoms with van der Waals surface area (Å²) in [6, 6.07) is 10.4. The highest BCUT2D eigenvalue weighted by Crippen LogP contribution is 2.40. The molecule has 0 saturated carbocycles. The predicted molar refractivity (Wildman–Crippen MR) is 73.2 cm³/mol. The van der Waals surface area contributed by atoms with Crippen molar-refractivity contribution in [2.75, 3.05) is 0 Å². The van der Waals surface area contributed by atoms with E-state index in [1.54, 1.807) is 0 Å². The molecule has 1 aliphatic rings. The first kappa shape index (κ1) is 12.9. The number of rotatable bonds is 3. The molecule has 0 heterocycles. The van der Waals surface area contributed by atoms with Gasteiger partial charge >= 0.3 is 5.97 Å². The van der Waals surface area contributed by atoms with Crippen LogP contribution in [0.15, 0.2) is 35.9 Å². The van der Waals surface area contributed by atoms with E-state index in [9.17, 15) is 9.90 Å². The molecule has 0 unspecified atom stereocenters. The fourth-order valence-electron chi connectivity index (χ4n) is 3.07. The molecule has 1 N–H and O–H groups in total. The Hall–Kier alpha value is -1.57. The second-order valence-corrected chi connectivity index (χ2v) is 5.00. The molecule has 1 aromatic carbocycles. The van der Waals surface area contributed by atoms with Gasteiger partial charge in [0.15, 0.2) is 0 Å². The zero-order chi connectivity index (χ0) is 13.1.